The van der Waals surface area contributed by atoms with Crippen LogP contribution in [0.5, 0.6) is 5.75 Å². The van der Waals surface area contributed by atoms with Gasteiger partial charge in [-0.15, -0.1) is 13.2 Å². The molecule has 28 heavy (non-hydrogen) atoms. The quantitative estimate of drug-likeness (QED) is 0.519. The Morgan fingerprint density at radius 2 is 1.79 bits per heavy atom. The number of rotatable bonds is 6. The van der Waals surface area contributed by atoms with Crippen LogP contribution in [0.1, 0.15) is 5.56 Å². The van der Waals surface area contributed by atoms with Crippen LogP contribution >= 0.6 is 15.9 Å². The number of anilines is 2. The van der Waals surface area contributed by atoms with E-state index in [4.69, 9.17) is 0 Å². The number of hydrogen-bond donors (Lipinski definition) is 2. The van der Waals surface area contributed by atoms with Crippen LogP contribution in [0.2, 0.25) is 0 Å². The molecule has 0 saturated carbocycles. The average molecular weight is 453 g/mol. The maximum absolute atomic E-state index is 12.5. The number of aromatic nitrogens is 2. The van der Waals surface area contributed by atoms with Crippen molar-refractivity contribution in [3.63, 3.8) is 0 Å². The lowest BCUT2D eigenvalue weighted by Gasteiger charge is -2.12. The van der Waals surface area contributed by atoms with Crippen LogP contribution in [0.25, 0.3) is 11.3 Å². The van der Waals surface area contributed by atoms with Gasteiger partial charge in [-0.3, -0.25) is 0 Å². The van der Waals surface area contributed by atoms with Crippen molar-refractivity contribution in [1.29, 1.82) is 0 Å². The molecule has 3 aromatic rings. The molecule has 5 nitrogen and oxygen atoms in total. The fraction of sp³-hybridized carbons (Fsp3) is 0.158. The molecule has 2 aromatic carbocycles. The highest BCUT2D eigenvalue weighted by Crippen LogP contribution is 2.28. The number of nitrogens with one attached hydrogen (secondary N) is 2. The Bertz CT molecular complexity index is 949. The van der Waals surface area contributed by atoms with Crippen molar-refractivity contribution in [3.05, 3.63) is 64.6 Å². The summed E-state index contributed by atoms with van der Waals surface area (Å²) in [5.41, 5.74) is 1.99. The number of ether oxygens (including phenoxy) is 1. The molecule has 1 heterocycles. The molecule has 0 aliphatic heterocycles. The molecule has 0 atom stereocenters. The minimum absolute atomic E-state index is 0.306. The number of alkyl halides is 3. The Balaban J connectivity index is 1.84. The third kappa shape index (κ3) is 5.59. The van der Waals surface area contributed by atoms with Crippen molar-refractivity contribution in [2.24, 2.45) is 0 Å². The molecular formula is C19H16BrF3N4O. The van der Waals surface area contributed by atoms with Crippen LogP contribution in [0.3, 0.4) is 0 Å². The minimum atomic E-state index is -4.75. The Labute approximate surface area is 168 Å². The summed E-state index contributed by atoms with van der Waals surface area (Å²) in [5, 5.41) is 6.06. The summed E-state index contributed by atoms with van der Waals surface area (Å²) in [5.74, 6) is 0.580. The standard InChI is InChI=1S/C19H16BrF3N4O/c1-24-18-26-16(13-3-2-4-15(9-13)28-19(21,22)23)10-17(27-18)25-11-12-5-7-14(20)8-6-12/h2-10H,11H2,1H3,(H2,24,25,26,27). The molecule has 1 aromatic heterocycles. The number of benzene rings is 2. The molecular weight excluding hydrogens is 437 g/mol. The smallest absolute Gasteiger partial charge is 0.406 e. The maximum atomic E-state index is 12.5. The van der Waals surface area contributed by atoms with Crippen LogP contribution in [0.4, 0.5) is 24.9 Å². The van der Waals surface area contributed by atoms with E-state index in [0.717, 1.165) is 10.0 Å². The fourth-order valence-electron chi connectivity index (χ4n) is 2.44. The summed E-state index contributed by atoms with van der Waals surface area (Å²) in [6, 6.07) is 15.1. The molecule has 0 amide bonds. The van der Waals surface area contributed by atoms with Crippen molar-refractivity contribution < 1.29 is 17.9 Å². The van der Waals surface area contributed by atoms with E-state index in [-0.39, 0.29) is 5.75 Å². The monoisotopic (exact) mass is 452 g/mol. The third-order valence-corrected chi connectivity index (χ3v) is 4.23. The van der Waals surface area contributed by atoms with E-state index in [1.807, 2.05) is 24.3 Å². The second kappa shape index (κ2) is 8.47. The second-order valence-corrected chi connectivity index (χ2v) is 6.68. The molecule has 0 saturated heterocycles. The van der Waals surface area contributed by atoms with E-state index in [2.05, 4.69) is 41.3 Å². The Hall–Kier alpha value is -2.81. The van der Waals surface area contributed by atoms with Gasteiger partial charge in [0.05, 0.1) is 5.69 Å². The minimum Gasteiger partial charge on any atom is -0.406 e. The number of hydrogen-bond acceptors (Lipinski definition) is 5. The highest BCUT2D eigenvalue weighted by molar-refractivity contribution is 9.10. The summed E-state index contributed by atoms with van der Waals surface area (Å²) in [7, 11) is 1.67. The highest BCUT2D eigenvalue weighted by Gasteiger charge is 2.31. The normalized spacial score (nSPS) is 11.2. The molecule has 3 rings (SSSR count). The maximum Gasteiger partial charge on any atom is 0.573 e. The van der Waals surface area contributed by atoms with Crippen LogP contribution in [-0.2, 0) is 6.54 Å². The van der Waals surface area contributed by atoms with E-state index >= 15 is 0 Å². The summed E-state index contributed by atoms with van der Waals surface area (Å²) >= 11 is 3.39. The number of halogens is 4. The lowest BCUT2D eigenvalue weighted by atomic mass is 10.1. The lowest BCUT2D eigenvalue weighted by molar-refractivity contribution is -0.274. The van der Waals surface area contributed by atoms with Crippen LogP contribution < -0.4 is 15.4 Å². The van der Waals surface area contributed by atoms with Crippen molar-refractivity contribution in [2.75, 3.05) is 17.7 Å². The van der Waals surface area contributed by atoms with Gasteiger partial charge in [-0.1, -0.05) is 40.2 Å². The van der Waals surface area contributed by atoms with E-state index in [1.165, 1.54) is 18.2 Å². The molecule has 0 fully saturated rings. The van der Waals surface area contributed by atoms with Crippen LogP contribution in [0, 0.1) is 0 Å². The van der Waals surface area contributed by atoms with E-state index in [9.17, 15) is 13.2 Å². The predicted molar refractivity (Wildman–Crippen MR) is 105 cm³/mol. The molecule has 0 spiro atoms. The second-order valence-electron chi connectivity index (χ2n) is 5.77. The lowest BCUT2D eigenvalue weighted by Crippen LogP contribution is -2.17. The van der Waals surface area contributed by atoms with Gasteiger partial charge in [0.15, 0.2) is 0 Å². The van der Waals surface area contributed by atoms with Gasteiger partial charge in [-0.2, -0.15) is 4.98 Å². The Kier molecular flexibility index (Phi) is 6.03. The third-order valence-electron chi connectivity index (χ3n) is 3.70. The predicted octanol–water partition coefficient (Wildman–Crippen LogP) is 5.46. The van der Waals surface area contributed by atoms with Gasteiger partial charge in [-0.05, 0) is 29.8 Å². The SMILES string of the molecule is CNc1nc(NCc2ccc(Br)cc2)cc(-c2cccc(OC(F)(F)F)c2)n1. The highest BCUT2D eigenvalue weighted by atomic mass is 79.9. The first-order valence-corrected chi connectivity index (χ1v) is 9.03. The van der Waals surface area contributed by atoms with Crippen molar-refractivity contribution >= 4 is 27.7 Å². The summed E-state index contributed by atoms with van der Waals surface area (Å²) in [4.78, 5) is 8.66. The van der Waals surface area contributed by atoms with Crippen LogP contribution in [0.15, 0.2) is 59.1 Å². The first kappa shape index (κ1) is 19.9. The Morgan fingerprint density at radius 3 is 2.46 bits per heavy atom. The zero-order valence-electron chi connectivity index (χ0n) is 14.7. The zero-order chi connectivity index (χ0) is 20.1. The molecule has 0 bridgehead atoms. The first-order chi connectivity index (χ1) is 13.3. The van der Waals surface area contributed by atoms with Gasteiger partial charge in [0.1, 0.15) is 11.6 Å². The van der Waals surface area contributed by atoms with Gasteiger partial charge in [0.25, 0.3) is 0 Å². The van der Waals surface area contributed by atoms with Crippen molar-refractivity contribution in [3.8, 4) is 17.0 Å². The first-order valence-electron chi connectivity index (χ1n) is 8.24. The largest absolute Gasteiger partial charge is 0.573 e. The Morgan fingerprint density at radius 1 is 1.04 bits per heavy atom. The van der Waals surface area contributed by atoms with Crippen molar-refractivity contribution in [1.82, 2.24) is 9.97 Å². The van der Waals surface area contributed by atoms with E-state index < -0.39 is 6.36 Å². The van der Waals surface area contributed by atoms with E-state index in [0.29, 0.717) is 29.6 Å². The summed E-state index contributed by atoms with van der Waals surface area (Å²) in [6.45, 7) is 0.532. The van der Waals surface area contributed by atoms with Crippen LogP contribution in [-0.4, -0.2) is 23.4 Å². The zero-order valence-corrected chi connectivity index (χ0v) is 16.3. The van der Waals surface area contributed by atoms with Gasteiger partial charge >= 0.3 is 6.36 Å². The molecule has 0 unspecified atom stereocenters. The van der Waals surface area contributed by atoms with E-state index in [1.54, 1.807) is 19.2 Å². The van der Waals surface area contributed by atoms with Gasteiger partial charge < -0.3 is 15.4 Å². The topological polar surface area (TPSA) is 59.1 Å². The molecule has 0 aliphatic carbocycles. The molecule has 0 radical (unpaired) electrons. The molecule has 0 aliphatic rings. The average Bonchev–Trinajstić information content (AvgIpc) is 2.66. The summed E-state index contributed by atoms with van der Waals surface area (Å²) in [6.07, 6.45) is -4.75. The number of nitrogens with zero attached hydrogens (tertiary/aromatic N) is 2. The molecule has 2 N–H and O–H groups in total. The van der Waals surface area contributed by atoms with Gasteiger partial charge in [0, 0.05) is 29.7 Å². The molecule has 9 heteroatoms. The van der Waals surface area contributed by atoms with Gasteiger partial charge in [-0.25, -0.2) is 4.98 Å². The van der Waals surface area contributed by atoms with Crippen molar-refractivity contribution in [2.45, 2.75) is 12.9 Å². The molecule has 146 valence electrons. The van der Waals surface area contributed by atoms with Gasteiger partial charge in [0.2, 0.25) is 5.95 Å². The fourth-order valence-corrected chi connectivity index (χ4v) is 2.71. The summed E-state index contributed by atoms with van der Waals surface area (Å²) < 4.78 is 42.4.